The standard InChI is InChI=1S/C38H44N4O2/c39-17-3-1-2-4-18-40-38(43)26-15-13-25(14-16-26)33-31-23-27-9-5-19-41-21-7-11-29(34(27)41)36(31)44-37-30-12-8-22-42-20-6-10-28(35(30)42)24-32(33)37/h13-16,23-24H,1-12,17-22,39H2/p+1. The van der Waals surface area contributed by atoms with Gasteiger partial charge in [-0.2, -0.15) is 0 Å². The minimum absolute atomic E-state index is 0.00494. The van der Waals surface area contributed by atoms with Gasteiger partial charge in [-0.15, -0.1) is 0 Å². The van der Waals surface area contributed by atoms with Crippen LogP contribution in [-0.2, 0) is 25.7 Å². The number of nitrogens with one attached hydrogen (secondary N) is 1. The highest BCUT2D eigenvalue weighted by atomic mass is 16.5. The van der Waals surface area contributed by atoms with Crippen LogP contribution in [-0.4, -0.2) is 45.2 Å². The summed E-state index contributed by atoms with van der Waals surface area (Å²) < 4.78 is 9.78. The van der Waals surface area contributed by atoms with Gasteiger partial charge in [-0.05, 0) is 93.3 Å². The molecule has 0 unspecified atom stereocenters. The van der Waals surface area contributed by atoms with Crippen LogP contribution in [0.3, 0.4) is 0 Å². The molecule has 0 aliphatic carbocycles. The summed E-state index contributed by atoms with van der Waals surface area (Å²) in [7, 11) is 0. The molecule has 1 amide bonds. The van der Waals surface area contributed by atoms with Crippen LogP contribution in [0.15, 0.2) is 36.4 Å². The van der Waals surface area contributed by atoms with E-state index in [1.807, 2.05) is 12.1 Å². The van der Waals surface area contributed by atoms with Crippen molar-refractivity contribution in [2.45, 2.75) is 77.0 Å². The van der Waals surface area contributed by atoms with E-state index in [9.17, 15) is 4.79 Å². The predicted molar refractivity (Wildman–Crippen MR) is 177 cm³/mol. The van der Waals surface area contributed by atoms with Gasteiger partial charge >= 0.3 is 0 Å². The molecule has 3 aromatic carbocycles. The molecule has 0 aromatic heterocycles. The molecular weight excluding hydrogens is 544 g/mol. The number of rotatable bonds is 8. The summed E-state index contributed by atoms with van der Waals surface area (Å²) >= 11 is 0. The molecule has 5 aliphatic heterocycles. The van der Waals surface area contributed by atoms with Gasteiger partial charge in [-0.1, -0.05) is 25.0 Å². The van der Waals surface area contributed by atoms with Crippen LogP contribution in [0.25, 0.3) is 5.57 Å². The lowest BCUT2D eigenvalue weighted by atomic mass is 9.82. The second-order valence-electron chi connectivity index (χ2n) is 13.4. The summed E-state index contributed by atoms with van der Waals surface area (Å²) in [6, 6.07) is 13.3. The number of unbranched alkanes of at least 4 members (excludes halogenated alkanes) is 3. The van der Waals surface area contributed by atoms with E-state index in [1.165, 1.54) is 80.9 Å². The van der Waals surface area contributed by atoms with E-state index in [1.54, 1.807) is 0 Å². The minimum Gasteiger partial charge on any atom is -0.455 e. The molecule has 0 saturated carbocycles. The molecule has 0 radical (unpaired) electrons. The van der Waals surface area contributed by atoms with Gasteiger partial charge < -0.3 is 20.7 Å². The number of anilines is 1. The molecule has 8 rings (SSSR count). The maximum atomic E-state index is 13.0. The molecule has 3 aromatic rings. The van der Waals surface area contributed by atoms with E-state index in [2.05, 4.69) is 39.1 Å². The Balaban J connectivity index is 1.25. The molecule has 0 atom stereocenters. The summed E-state index contributed by atoms with van der Waals surface area (Å²) in [6.07, 6.45) is 13.4. The predicted octanol–water partition coefficient (Wildman–Crippen LogP) is 4.37. The Hall–Kier alpha value is -3.64. The maximum absolute atomic E-state index is 13.0. The SMILES string of the molecule is NCCCCCCNC(=O)c1ccc(C2=c3cc4c5c(c3Oc3c2cc2c6c3CCCN6CCC2)CCC[N+]=5CCC4)cc1. The fourth-order valence-corrected chi connectivity index (χ4v) is 8.54. The van der Waals surface area contributed by atoms with Gasteiger partial charge in [0.1, 0.15) is 24.6 Å². The van der Waals surface area contributed by atoms with Crippen LogP contribution in [0.2, 0.25) is 0 Å². The van der Waals surface area contributed by atoms with Crippen molar-refractivity contribution in [3.8, 4) is 11.5 Å². The number of carbonyl (C=O) groups is 1. The highest BCUT2D eigenvalue weighted by Crippen LogP contribution is 2.48. The molecule has 6 nitrogen and oxygen atoms in total. The number of fused-ring (bicyclic) bond motifs is 4. The zero-order chi connectivity index (χ0) is 29.6. The Labute approximate surface area is 260 Å². The second kappa shape index (κ2) is 11.7. The van der Waals surface area contributed by atoms with E-state index < -0.39 is 0 Å². The smallest absolute Gasteiger partial charge is 0.251 e. The lowest BCUT2D eigenvalue weighted by molar-refractivity contribution is 0.0953. The zero-order valence-electron chi connectivity index (χ0n) is 26.0. The van der Waals surface area contributed by atoms with Gasteiger partial charge in [0.25, 0.3) is 5.91 Å². The summed E-state index contributed by atoms with van der Waals surface area (Å²) in [4.78, 5) is 15.6. The third-order valence-corrected chi connectivity index (χ3v) is 10.5. The number of aryl methyl sites for hydroxylation is 2. The summed E-state index contributed by atoms with van der Waals surface area (Å²) in [5.74, 6) is 2.17. The first kappa shape index (κ1) is 27.9. The van der Waals surface area contributed by atoms with Crippen LogP contribution in [0, 0.1) is 0 Å². The monoisotopic (exact) mass is 589 g/mol. The summed E-state index contributed by atoms with van der Waals surface area (Å²) in [5.41, 5.74) is 17.2. The Morgan fingerprint density at radius 1 is 0.841 bits per heavy atom. The van der Waals surface area contributed by atoms with Crippen LogP contribution >= 0.6 is 0 Å². The number of benzene rings is 3. The molecule has 0 saturated heterocycles. The Morgan fingerprint density at radius 3 is 2.43 bits per heavy atom. The zero-order valence-corrected chi connectivity index (χ0v) is 26.0. The average molecular weight is 590 g/mol. The van der Waals surface area contributed by atoms with Crippen molar-refractivity contribution in [3.05, 3.63) is 85.9 Å². The van der Waals surface area contributed by atoms with Gasteiger partial charge in [0.2, 0.25) is 5.36 Å². The third kappa shape index (κ3) is 4.73. The topological polar surface area (TPSA) is 70.6 Å². The van der Waals surface area contributed by atoms with E-state index in [0.29, 0.717) is 6.54 Å². The number of hydrogen-bond donors (Lipinski definition) is 2. The molecule has 0 spiro atoms. The second-order valence-corrected chi connectivity index (χ2v) is 13.4. The van der Waals surface area contributed by atoms with E-state index in [4.69, 9.17) is 10.5 Å². The van der Waals surface area contributed by atoms with Crippen molar-refractivity contribution in [1.82, 2.24) is 9.89 Å². The van der Waals surface area contributed by atoms with Crippen LogP contribution in [0.4, 0.5) is 5.69 Å². The highest BCUT2D eigenvalue weighted by Gasteiger charge is 2.35. The van der Waals surface area contributed by atoms with Crippen LogP contribution in [0.5, 0.6) is 11.5 Å². The van der Waals surface area contributed by atoms with Crippen molar-refractivity contribution >= 4 is 17.2 Å². The lowest BCUT2D eigenvalue weighted by Crippen LogP contribution is -2.45. The number of hydrogen-bond acceptors (Lipinski definition) is 4. The van der Waals surface area contributed by atoms with E-state index >= 15 is 0 Å². The molecule has 0 bridgehead atoms. The molecule has 3 N–H and O–H groups in total. The first-order valence-corrected chi connectivity index (χ1v) is 17.2. The quantitative estimate of drug-likeness (QED) is 0.237. The number of amides is 1. The molecule has 6 heteroatoms. The first-order chi connectivity index (χ1) is 21.7. The number of nitrogens with two attached hydrogens (primary N) is 1. The molecule has 0 fully saturated rings. The third-order valence-electron chi connectivity index (χ3n) is 10.5. The van der Waals surface area contributed by atoms with Crippen molar-refractivity contribution in [2.24, 2.45) is 5.73 Å². The molecule has 228 valence electrons. The van der Waals surface area contributed by atoms with Gasteiger partial charge in [0.05, 0.1) is 5.56 Å². The summed E-state index contributed by atoms with van der Waals surface area (Å²) in [6.45, 7) is 6.04. The average Bonchev–Trinajstić information content (AvgIpc) is 3.06. The number of carbonyl (C=O) groups excluding carboxylic acids is 1. The lowest BCUT2D eigenvalue weighted by Gasteiger charge is -2.39. The van der Waals surface area contributed by atoms with Gasteiger partial charge in [0, 0.05) is 71.2 Å². The Kier molecular flexibility index (Phi) is 7.41. The minimum atomic E-state index is 0.00494. The van der Waals surface area contributed by atoms with Crippen LogP contribution in [0.1, 0.15) is 95.1 Å². The van der Waals surface area contributed by atoms with Gasteiger partial charge in [-0.3, -0.25) is 4.79 Å². The molecule has 44 heavy (non-hydrogen) atoms. The Morgan fingerprint density at radius 2 is 1.59 bits per heavy atom. The maximum Gasteiger partial charge on any atom is 0.251 e. The van der Waals surface area contributed by atoms with E-state index in [0.717, 1.165) is 101 Å². The molecular formula is C38H45N4O2+. The Bertz CT molecular complexity index is 1750. The number of nitrogens with zero attached hydrogens (tertiary/aromatic N) is 2. The largest absolute Gasteiger partial charge is 0.455 e. The van der Waals surface area contributed by atoms with Gasteiger partial charge in [-0.25, -0.2) is 4.58 Å². The van der Waals surface area contributed by atoms with Crippen LogP contribution < -0.4 is 35.8 Å². The molecule has 5 heterocycles. The summed E-state index contributed by atoms with van der Waals surface area (Å²) in [5, 5.41) is 5.81. The first-order valence-electron chi connectivity index (χ1n) is 17.2. The number of ether oxygens (including phenoxy) is 1. The van der Waals surface area contributed by atoms with Gasteiger partial charge in [0.15, 0.2) is 0 Å². The van der Waals surface area contributed by atoms with Crippen molar-refractivity contribution in [2.75, 3.05) is 44.2 Å². The molecule has 5 aliphatic rings. The van der Waals surface area contributed by atoms with Crippen molar-refractivity contribution < 1.29 is 9.53 Å². The normalized spacial score (nSPS) is 17.7. The fourth-order valence-electron chi connectivity index (χ4n) is 8.54. The fraction of sp³-hybridized carbons (Fsp3) is 0.474. The van der Waals surface area contributed by atoms with Crippen molar-refractivity contribution in [3.63, 3.8) is 0 Å². The highest BCUT2D eigenvalue weighted by molar-refractivity contribution is 5.95. The van der Waals surface area contributed by atoms with E-state index in [-0.39, 0.29) is 5.91 Å². The van der Waals surface area contributed by atoms with Crippen molar-refractivity contribution in [1.29, 1.82) is 0 Å².